The van der Waals surface area contributed by atoms with Crippen LogP contribution in [0.5, 0.6) is 5.75 Å². The highest BCUT2D eigenvalue weighted by Crippen LogP contribution is 2.31. The van der Waals surface area contributed by atoms with Crippen LogP contribution in [0.1, 0.15) is 31.9 Å². The summed E-state index contributed by atoms with van der Waals surface area (Å²) in [7, 11) is 0. The number of benzene rings is 1. The lowest BCUT2D eigenvalue weighted by Gasteiger charge is -2.23. The minimum absolute atomic E-state index is 0.109. The van der Waals surface area contributed by atoms with E-state index < -0.39 is 0 Å². The van der Waals surface area contributed by atoms with Crippen molar-refractivity contribution in [3.05, 3.63) is 42.0 Å². The monoisotopic (exact) mass is 247 g/mol. The minimum atomic E-state index is 0.109. The Bertz CT molecular complexity index is 391. The Morgan fingerprint density at radius 3 is 2.67 bits per heavy atom. The summed E-state index contributed by atoms with van der Waals surface area (Å²) in [5.74, 6) is 1.00. The first kappa shape index (κ1) is 14.8. The van der Waals surface area contributed by atoms with Gasteiger partial charge in [0.2, 0.25) is 0 Å². The zero-order chi connectivity index (χ0) is 13.6. The molecule has 0 aromatic heterocycles. The van der Waals surface area contributed by atoms with Crippen molar-refractivity contribution < 1.29 is 4.74 Å². The van der Waals surface area contributed by atoms with E-state index in [0.29, 0.717) is 6.61 Å². The van der Waals surface area contributed by atoms with E-state index >= 15 is 0 Å². The van der Waals surface area contributed by atoms with Crippen LogP contribution >= 0.6 is 0 Å². The molecule has 0 unspecified atom stereocenters. The van der Waals surface area contributed by atoms with E-state index in [4.69, 9.17) is 4.74 Å². The van der Waals surface area contributed by atoms with Gasteiger partial charge in [-0.15, -0.1) is 6.58 Å². The van der Waals surface area contributed by atoms with E-state index in [0.717, 1.165) is 18.8 Å². The molecule has 0 radical (unpaired) electrons. The van der Waals surface area contributed by atoms with Gasteiger partial charge in [0.15, 0.2) is 0 Å². The van der Waals surface area contributed by atoms with Crippen LogP contribution < -0.4 is 10.1 Å². The van der Waals surface area contributed by atoms with Crippen molar-refractivity contribution >= 4 is 0 Å². The van der Waals surface area contributed by atoms with Gasteiger partial charge in [0.1, 0.15) is 12.4 Å². The average Bonchev–Trinajstić information content (AvgIpc) is 2.27. The number of ether oxygens (including phenoxy) is 1. The summed E-state index contributed by atoms with van der Waals surface area (Å²) in [5, 5.41) is 3.24. The van der Waals surface area contributed by atoms with Crippen LogP contribution in [0, 0.1) is 6.92 Å². The molecule has 0 saturated carbocycles. The van der Waals surface area contributed by atoms with E-state index in [9.17, 15) is 0 Å². The summed E-state index contributed by atoms with van der Waals surface area (Å²) in [6.45, 7) is 14.7. The van der Waals surface area contributed by atoms with Gasteiger partial charge in [0, 0.05) is 13.1 Å². The predicted octanol–water partition coefficient (Wildman–Crippen LogP) is 3.45. The quantitative estimate of drug-likeness (QED) is 0.614. The second kappa shape index (κ2) is 6.60. The van der Waals surface area contributed by atoms with E-state index in [1.165, 1.54) is 11.1 Å². The molecule has 100 valence electrons. The molecule has 0 bridgehead atoms. The van der Waals surface area contributed by atoms with Crippen LogP contribution in [0.2, 0.25) is 0 Å². The van der Waals surface area contributed by atoms with Gasteiger partial charge in [-0.1, -0.05) is 39.0 Å². The lowest BCUT2D eigenvalue weighted by atomic mass is 9.86. The summed E-state index contributed by atoms with van der Waals surface area (Å²) in [5.41, 5.74) is 2.60. The molecule has 1 N–H and O–H groups in total. The summed E-state index contributed by atoms with van der Waals surface area (Å²) in [4.78, 5) is 0. The van der Waals surface area contributed by atoms with Gasteiger partial charge in [0.25, 0.3) is 0 Å². The molecular formula is C16H25NO. The maximum atomic E-state index is 5.89. The molecule has 0 amide bonds. The van der Waals surface area contributed by atoms with Crippen molar-refractivity contribution in [3.8, 4) is 5.75 Å². The SMILES string of the molecule is C=CCNCCOc1cc(C)ccc1C(C)(C)C. The molecule has 0 aliphatic rings. The van der Waals surface area contributed by atoms with Gasteiger partial charge >= 0.3 is 0 Å². The highest BCUT2D eigenvalue weighted by atomic mass is 16.5. The maximum Gasteiger partial charge on any atom is 0.123 e. The average molecular weight is 247 g/mol. The summed E-state index contributed by atoms with van der Waals surface area (Å²) >= 11 is 0. The molecule has 0 heterocycles. The van der Waals surface area contributed by atoms with E-state index in [2.05, 4.69) is 57.8 Å². The standard InChI is InChI=1S/C16H25NO/c1-6-9-17-10-11-18-15-12-13(2)7-8-14(15)16(3,4)5/h6-8,12,17H,1,9-11H2,2-5H3. The molecule has 0 saturated heterocycles. The lowest BCUT2D eigenvalue weighted by molar-refractivity contribution is 0.307. The fourth-order valence-corrected chi connectivity index (χ4v) is 1.81. The number of rotatable bonds is 6. The smallest absolute Gasteiger partial charge is 0.123 e. The van der Waals surface area contributed by atoms with Crippen LogP contribution in [-0.4, -0.2) is 19.7 Å². The second-order valence-electron chi connectivity index (χ2n) is 5.59. The third-order valence-corrected chi connectivity index (χ3v) is 2.77. The first-order valence-electron chi connectivity index (χ1n) is 6.50. The largest absolute Gasteiger partial charge is 0.492 e. The van der Waals surface area contributed by atoms with Crippen molar-refractivity contribution in [1.82, 2.24) is 5.32 Å². The van der Waals surface area contributed by atoms with Crippen LogP contribution in [0.25, 0.3) is 0 Å². The maximum absolute atomic E-state index is 5.89. The zero-order valence-electron chi connectivity index (χ0n) is 12.0. The first-order chi connectivity index (χ1) is 8.45. The molecule has 0 spiro atoms. The molecule has 1 rings (SSSR count). The van der Waals surface area contributed by atoms with Gasteiger partial charge in [-0.25, -0.2) is 0 Å². The highest BCUT2D eigenvalue weighted by Gasteiger charge is 2.18. The van der Waals surface area contributed by atoms with Crippen molar-refractivity contribution in [2.45, 2.75) is 33.1 Å². The molecule has 0 aliphatic carbocycles. The Balaban J connectivity index is 2.68. The molecule has 1 aromatic carbocycles. The molecule has 18 heavy (non-hydrogen) atoms. The van der Waals surface area contributed by atoms with Crippen LogP contribution in [0.4, 0.5) is 0 Å². The van der Waals surface area contributed by atoms with E-state index in [1.54, 1.807) is 0 Å². The number of hydrogen-bond acceptors (Lipinski definition) is 2. The molecule has 2 nitrogen and oxygen atoms in total. The Labute approximate surface area is 111 Å². The number of hydrogen-bond donors (Lipinski definition) is 1. The Morgan fingerprint density at radius 1 is 1.33 bits per heavy atom. The van der Waals surface area contributed by atoms with Gasteiger partial charge < -0.3 is 10.1 Å². The number of nitrogens with one attached hydrogen (secondary N) is 1. The molecule has 2 heteroatoms. The van der Waals surface area contributed by atoms with Crippen LogP contribution in [0.15, 0.2) is 30.9 Å². The Kier molecular flexibility index (Phi) is 5.42. The Hall–Kier alpha value is -1.28. The van der Waals surface area contributed by atoms with Crippen molar-refractivity contribution in [2.75, 3.05) is 19.7 Å². The highest BCUT2D eigenvalue weighted by molar-refractivity contribution is 5.41. The fraction of sp³-hybridized carbons (Fsp3) is 0.500. The summed E-state index contributed by atoms with van der Waals surface area (Å²) < 4.78 is 5.89. The third-order valence-electron chi connectivity index (χ3n) is 2.77. The first-order valence-corrected chi connectivity index (χ1v) is 6.50. The van der Waals surface area contributed by atoms with Gasteiger partial charge in [-0.2, -0.15) is 0 Å². The molecular weight excluding hydrogens is 222 g/mol. The Morgan fingerprint density at radius 2 is 2.06 bits per heavy atom. The van der Waals surface area contributed by atoms with E-state index in [-0.39, 0.29) is 5.41 Å². The summed E-state index contributed by atoms with van der Waals surface area (Å²) in [6.07, 6.45) is 1.85. The van der Waals surface area contributed by atoms with Gasteiger partial charge in [-0.05, 0) is 29.5 Å². The van der Waals surface area contributed by atoms with Crippen molar-refractivity contribution in [2.24, 2.45) is 0 Å². The lowest BCUT2D eigenvalue weighted by Crippen LogP contribution is -2.22. The van der Waals surface area contributed by atoms with Gasteiger partial charge in [-0.3, -0.25) is 0 Å². The number of aryl methyl sites for hydroxylation is 1. The normalized spacial score (nSPS) is 11.3. The third kappa shape index (κ3) is 4.53. The van der Waals surface area contributed by atoms with Crippen LogP contribution in [0.3, 0.4) is 0 Å². The van der Waals surface area contributed by atoms with Crippen molar-refractivity contribution in [1.29, 1.82) is 0 Å². The summed E-state index contributed by atoms with van der Waals surface area (Å²) in [6, 6.07) is 6.43. The van der Waals surface area contributed by atoms with Crippen molar-refractivity contribution in [3.63, 3.8) is 0 Å². The second-order valence-corrected chi connectivity index (χ2v) is 5.59. The minimum Gasteiger partial charge on any atom is -0.492 e. The predicted molar refractivity (Wildman–Crippen MR) is 78.4 cm³/mol. The van der Waals surface area contributed by atoms with Crippen LogP contribution in [-0.2, 0) is 5.41 Å². The fourth-order valence-electron chi connectivity index (χ4n) is 1.81. The molecule has 0 fully saturated rings. The molecule has 0 atom stereocenters. The molecule has 1 aromatic rings. The topological polar surface area (TPSA) is 21.3 Å². The zero-order valence-corrected chi connectivity index (χ0v) is 12.0. The van der Waals surface area contributed by atoms with E-state index in [1.807, 2.05) is 6.08 Å². The molecule has 0 aliphatic heterocycles. The van der Waals surface area contributed by atoms with Gasteiger partial charge in [0.05, 0.1) is 0 Å².